The molecule has 0 fully saturated rings. The lowest BCUT2D eigenvalue weighted by atomic mass is 10.1. The van der Waals surface area contributed by atoms with Gasteiger partial charge < -0.3 is 4.74 Å². The summed E-state index contributed by atoms with van der Waals surface area (Å²) in [5.74, 6) is -0.563. The summed E-state index contributed by atoms with van der Waals surface area (Å²) in [6.45, 7) is 3.47. The molecule has 0 saturated heterocycles. The van der Waals surface area contributed by atoms with E-state index in [-0.39, 0.29) is 22.3 Å². The molecule has 0 aliphatic heterocycles. The molecular weight excluding hydrogens is 214 g/mol. The fraction of sp³-hybridized carbons (Fsp3) is 0.273. The van der Waals surface area contributed by atoms with E-state index in [2.05, 4.69) is 0 Å². The molecule has 0 spiro atoms. The Morgan fingerprint density at radius 3 is 2.73 bits per heavy atom. The second kappa shape index (κ2) is 4.81. The van der Waals surface area contributed by atoms with E-state index in [0.29, 0.717) is 0 Å². The number of ether oxygens (including phenoxy) is 1. The molecule has 0 aliphatic carbocycles. The minimum atomic E-state index is -0.563. The van der Waals surface area contributed by atoms with Crippen LogP contribution in [0.3, 0.4) is 0 Å². The van der Waals surface area contributed by atoms with Crippen molar-refractivity contribution in [2.45, 2.75) is 20.0 Å². The van der Waals surface area contributed by atoms with E-state index in [0.717, 1.165) is 0 Å². The summed E-state index contributed by atoms with van der Waals surface area (Å²) in [7, 11) is 0. The molecule has 0 radical (unpaired) electrons. The molecule has 0 unspecified atom stereocenters. The fourth-order valence-corrected chi connectivity index (χ4v) is 1.35. The molecule has 78 valence electrons. The summed E-state index contributed by atoms with van der Waals surface area (Å²) < 4.78 is 4.99. The van der Waals surface area contributed by atoms with Crippen LogP contribution in [0.25, 0.3) is 0 Å². The van der Waals surface area contributed by atoms with Crippen molar-refractivity contribution in [2.24, 2.45) is 0 Å². The van der Waals surface area contributed by atoms with Gasteiger partial charge in [0.15, 0.2) is 0 Å². The molecule has 1 aromatic rings. The Balaban J connectivity index is 3.13. The van der Waals surface area contributed by atoms with Crippen molar-refractivity contribution in [2.75, 3.05) is 0 Å². The number of hydrogen-bond donors (Lipinski definition) is 0. The van der Waals surface area contributed by atoms with Gasteiger partial charge in [-0.2, -0.15) is 5.26 Å². The van der Waals surface area contributed by atoms with Gasteiger partial charge in [0, 0.05) is 0 Å². The SMILES string of the molecule is CC(C)OC(=O)c1c(Cl)cccc1C#N. The number of carbonyl (C=O) groups excluding carboxylic acids is 1. The lowest BCUT2D eigenvalue weighted by Gasteiger charge is -2.09. The molecule has 0 N–H and O–H groups in total. The first kappa shape index (κ1) is 11.5. The van der Waals surface area contributed by atoms with E-state index >= 15 is 0 Å². The smallest absolute Gasteiger partial charge is 0.341 e. The standard InChI is InChI=1S/C11H10ClNO2/c1-7(2)15-11(14)10-8(6-13)4-3-5-9(10)12/h3-5,7H,1-2H3. The number of halogens is 1. The summed E-state index contributed by atoms with van der Waals surface area (Å²) in [5.41, 5.74) is 0.364. The second-order valence-corrected chi connectivity index (χ2v) is 3.64. The molecule has 3 nitrogen and oxygen atoms in total. The number of hydrogen-bond acceptors (Lipinski definition) is 3. The van der Waals surface area contributed by atoms with Gasteiger partial charge in [-0.25, -0.2) is 4.79 Å². The minimum Gasteiger partial charge on any atom is -0.459 e. The van der Waals surface area contributed by atoms with Gasteiger partial charge in [0.1, 0.15) is 6.07 Å². The maximum absolute atomic E-state index is 11.6. The van der Waals surface area contributed by atoms with Gasteiger partial charge in [-0.05, 0) is 26.0 Å². The maximum Gasteiger partial charge on any atom is 0.341 e. The van der Waals surface area contributed by atoms with E-state index in [9.17, 15) is 4.79 Å². The van der Waals surface area contributed by atoms with Crippen LogP contribution in [0.2, 0.25) is 5.02 Å². The van der Waals surface area contributed by atoms with E-state index in [4.69, 9.17) is 21.6 Å². The first-order valence-electron chi connectivity index (χ1n) is 4.46. The molecule has 0 heterocycles. The van der Waals surface area contributed by atoms with Crippen LogP contribution in [-0.4, -0.2) is 12.1 Å². The van der Waals surface area contributed by atoms with Crippen molar-refractivity contribution >= 4 is 17.6 Å². The van der Waals surface area contributed by atoms with Crippen molar-refractivity contribution < 1.29 is 9.53 Å². The number of carbonyl (C=O) groups is 1. The Morgan fingerprint density at radius 1 is 1.53 bits per heavy atom. The third-order valence-corrected chi connectivity index (χ3v) is 2.00. The quantitative estimate of drug-likeness (QED) is 0.725. The summed E-state index contributed by atoms with van der Waals surface area (Å²) >= 11 is 5.83. The Hall–Kier alpha value is -1.53. The van der Waals surface area contributed by atoms with Gasteiger partial charge >= 0.3 is 5.97 Å². The molecule has 0 atom stereocenters. The monoisotopic (exact) mass is 223 g/mol. The van der Waals surface area contributed by atoms with Crippen LogP contribution in [0.5, 0.6) is 0 Å². The largest absolute Gasteiger partial charge is 0.459 e. The highest BCUT2D eigenvalue weighted by atomic mass is 35.5. The molecule has 0 saturated carbocycles. The van der Waals surface area contributed by atoms with Crippen molar-refractivity contribution in [3.8, 4) is 6.07 Å². The van der Waals surface area contributed by atoms with Gasteiger partial charge in [-0.15, -0.1) is 0 Å². The first-order chi connectivity index (χ1) is 7.06. The van der Waals surface area contributed by atoms with Gasteiger partial charge in [0.25, 0.3) is 0 Å². The van der Waals surface area contributed by atoms with Gasteiger partial charge in [0.2, 0.25) is 0 Å². The summed E-state index contributed by atoms with van der Waals surface area (Å²) in [6, 6.07) is 6.61. The lowest BCUT2D eigenvalue weighted by molar-refractivity contribution is 0.0378. The number of nitriles is 1. The molecule has 15 heavy (non-hydrogen) atoms. The van der Waals surface area contributed by atoms with Crippen LogP contribution >= 0.6 is 11.6 Å². The third kappa shape index (κ3) is 2.71. The first-order valence-corrected chi connectivity index (χ1v) is 4.83. The van der Waals surface area contributed by atoms with Crippen LogP contribution < -0.4 is 0 Å². The van der Waals surface area contributed by atoms with Gasteiger partial charge in [-0.1, -0.05) is 17.7 Å². The average molecular weight is 224 g/mol. The Kier molecular flexibility index (Phi) is 3.70. The highest BCUT2D eigenvalue weighted by Gasteiger charge is 2.17. The zero-order valence-electron chi connectivity index (χ0n) is 8.45. The van der Waals surface area contributed by atoms with Crippen molar-refractivity contribution in [1.82, 2.24) is 0 Å². The maximum atomic E-state index is 11.6. The molecule has 1 aromatic carbocycles. The zero-order valence-corrected chi connectivity index (χ0v) is 9.21. The molecule has 0 bridgehead atoms. The summed E-state index contributed by atoms with van der Waals surface area (Å²) in [5, 5.41) is 9.05. The number of esters is 1. The van der Waals surface area contributed by atoms with Crippen LogP contribution in [0.15, 0.2) is 18.2 Å². The normalized spacial score (nSPS) is 9.80. The third-order valence-electron chi connectivity index (χ3n) is 1.68. The van der Waals surface area contributed by atoms with Crippen molar-refractivity contribution in [3.63, 3.8) is 0 Å². The highest BCUT2D eigenvalue weighted by Crippen LogP contribution is 2.20. The number of nitrogens with zero attached hydrogens (tertiary/aromatic N) is 1. The fourth-order valence-electron chi connectivity index (χ4n) is 1.10. The Labute approximate surface area is 93.2 Å². The van der Waals surface area contributed by atoms with E-state index in [1.807, 2.05) is 6.07 Å². The molecular formula is C11H10ClNO2. The minimum absolute atomic E-state index is 0.135. The van der Waals surface area contributed by atoms with E-state index < -0.39 is 5.97 Å². The van der Waals surface area contributed by atoms with Crippen LogP contribution in [-0.2, 0) is 4.74 Å². The topological polar surface area (TPSA) is 50.1 Å². The Morgan fingerprint density at radius 2 is 2.20 bits per heavy atom. The zero-order chi connectivity index (χ0) is 11.4. The highest BCUT2D eigenvalue weighted by molar-refractivity contribution is 6.33. The van der Waals surface area contributed by atoms with E-state index in [1.165, 1.54) is 6.07 Å². The summed E-state index contributed by atoms with van der Waals surface area (Å²) in [6.07, 6.45) is -0.236. The molecule has 0 aliphatic rings. The van der Waals surface area contributed by atoms with Crippen LogP contribution in [0, 0.1) is 11.3 Å². The number of benzene rings is 1. The van der Waals surface area contributed by atoms with Crippen molar-refractivity contribution in [3.05, 3.63) is 34.3 Å². The molecule has 0 aromatic heterocycles. The van der Waals surface area contributed by atoms with Crippen LogP contribution in [0.4, 0.5) is 0 Å². The van der Waals surface area contributed by atoms with Crippen molar-refractivity contribution in [1.29, 1.82) is 5.26 Å². The molecule has 0 amide bonds. The van der Waals surface area contributed by atoms with Gasteiger partial charge in [0.05, 0.1) is 22.3 Å². The summed E-state index contributed by atoms with van der Waals surface area (Å²) in [4.78, 5) is 11.6. The predicted octanol–water partition coefficient (Wildman–Crippen LogP) is 2.78. The molecule has 1 rings (SSSR count). The van der Waals surface area contributed by atoms with Crippen LogP contribution in [0.1, 0.15) is 29.8 Å². The average Bonchev–Trinajstić information content (AvgIpc) is 2.15. The number of rotatable bonds is 2. The molecule has 4 heteroatoms. The Bertz CT molecular complexity index is 421. The van der Waals surface area contributed by atoms with Gasteiger partial charge in [-0.3, -0.25) is 0 Å². The predicted molar refractivity (Wildman–Crippen MR) is 56.7 cm³/mol. The second-order valence-electron chi connectivity index (χ2n) is 3.23. The lowest BCUT2D eigenvalue weighted by Crippen LogP contribution is -2.13. The van der Waals surface area contributed by atoms with E-state index in [1.54, 1.807) is 26.0 Å².